The van der Waals surface area contributed by atoms with E-state index >= 15 is 0 Å². The molecular weight excluding hydrogens is 434 g/mol. The molecule has 0 radical (unpaired) electrons. The average Bonchev–Trinajstić information content (AvgIpc) is 2.83. The first-order chi connectivity index (χ1) is 15.4. The van der Waals surface area contributed by atoms with Gasteiger partial charge in [-0.25, -0.2) is 27.9 Å². The number of sulfonamides is 1. The number of hydrogen-bond acceptors (Lipinski definition) is 8. The van der Waals surface area contributed by atoms with Gasteiger partial charge in [-0.05, 0) is 18.2 Å². The number of methoxy groups -OCH3 is 2. The monoisotopic (exact) mass is 457 g/mol. The minimum atomic E-state index is -3.92. The number of ether oxygens (including phenoxy) is 2. The van der Waals surface area contributed by atoms with Crippen LogP contribution in [0.3, 0.4) is 0 Å². The first kappa shape index (κ1) is 21.6. The maximum atomic E-state index is 12.6. The zero-order valence-corrected chi connectivity index (χ0v) is 18.5. The molecule has 0 unspecified atom stereocenters. The van der Waals surface area contributed by atoms with Crippen LogP contribution in [0.25, 0.3) is 10.9 Å². The Labute approximate surface area is 185 Å². The first-order valence-corrected chi connectivity index (χ1v) is 11.4. The predicted octanol–water partition coefficient (Wildman–Crippen LogP) is 1.87. The van der Waals surface area contributed by atoms with Gasteiger partial charge in [-0.3, -0.25) is 0 Å². The van der Waals surface area contributed by atoms with Gasteiger partial charge in [0.25, 0.3) is 10.0 Å². The van der Waals surface area contributed by atoms with Crippen LogP contribution in [0.1, 0.15) is 0 Å². The molecule has 0 spiro atoms. The summed E-state index contributed by atoms with van der Waals surface area (Å²) in [6, 6.07) is 10.8. The number of nitrogens with zero attached hydrogens (tertiary/aromatic N) is 4. The van der Waals surface area contributed by atoms with Crippen molar-refractivity contribution in [2.75, 3.05) is 45.3 Å². The van der Waals surface area contributed by atoms with Crippen molar-refractivity contribution in [1.82, 2.24) is 19.6 Å². The quantitative estimate of drug-likeness (QED) is 0.618. The van der Waals surface area contributed by atoms with E-state index in [1.165, 1.54) is 23.4 Å². The highest BCUT2D eigenvalue weighted by Crippen LogP contribution is 2.34. The Bertz CT molecular complexity index is 1230. The number of amides is 2. The van der Waals surface area contributed by atoms with Crippen LogP contribution in [-0.2, 0) is 10.0 Å². The van der Waals surface area contributed by atoms with Gasteiger partial charge in [-0.2, -0.15) is 0 Å². The van der Waals surface area contributed by atoms with Gasteiger partial charge in [0, 0.05) is 37.6 Å². The summed E-state index contributed by atoms with van der Waals surface area (Å²) < 4.78 is 37.7. The molecule has 1 aliphatic heterocycles. The fourth-order valence-corrected chi connectivity index (χ4v) is 4.57. The third-order valence-electron chi connectivity index (χ3n) is 5.26. The van der Waals surface area contributed by atoms with Crippen LogP contribution >= 0.6 is 0 Å². The predicted molar refractivity (Wildman–Crippen MR) is 119 cm³/mol. The lowest BCUT2D eigenvalue weighted by Gasteiger charge is -2.35. The third kappa shape index (κ3) is 4.24. The largest absolute Gasteiger partial charge is 0.493 e. The summed E-state index contributed by atoms with van der Waals surface area (Å²) >= 11 is 0. The fourth-order valence-electron chi connectivity index (χ4n) is 3.58. The number of benzene rings is 2. The zero-order chi connectivity index (χ0) is 22.7. The summed E-state index contributed by atoms with van der Waals surface area (Å²) in [5.41, 5.74) is 0.710. The minimum absolute atomic E-state index is 0.0452. The van der Waals surface area contributed by atoms with E-state index in [1.807, 2.05) is 11.0 Å². The van der Waals surface area contributed by atoms with Crippen LogP contribution in [0.2, 0.25) is 0 Å². The second-order valence-electron chi connectivity index (χ2n) is 7.12. The molecular formula is C21H23N5O5S. The molecule has 1 aliphatic rings. The first-order valence-electron chi connectivity index (χ1n) is 9.91. The lowest BCUT2D eigenvalue weighted by atomic mass is 10.2. The third-order valence-corrected chi connectivity index (χ3v) is 6.60. The van der Waals surface area contributed by atoms with Crippen molar-refractivity contribution in [2.24, 2.45) is 0 Å². The van der Waals surface area contributed by atoms with E-state index in [9.17, 15) is 13.2 Å². The van der Waals surface area contributed by atoms with E-state index in [0.717, 1.165) is 5.39 Å². The summed E-state index contributed by atoms with van der Waals surface area (Å²) in [6.45, 7) is 1.66. The van der Waals surface area contributed by atoms with Crippen molar-refractivity contribution in [3.63, 3.8) is 0 Å². The number of fused-ring (bicyclic) bond motifs is 1. The highest BCUT2D eigenvalue weighted by atomic mass is 32.2. The number of carbonyl (C=O) groups is 1. The summed E-state index contributed by atoms with van der Waals surface area (Å²) in [5, 5.41) is 0.801. The van der Waals surface area contributed by atoms with Gasteiger partial charge in [0.05, 0.1) is 24.6 Å². The molecule has 32 heavy (non-hydrogen) atoms. The lowest BCUT2D eigenvalue weighted by Crippen LogP contribution is -2.53. The van der Waals surface area contributed by atoms with E-state index < -0.39 is 16.1 Å². The molecule has 11 heteroatoms. The Morgan fingerprint density at radius 1 is 0.969 bits per heavy atom. The molecule has 2 aromatic carbocycles. The molecule has 1 fully saturated rings. The highest BCUT2D eigenvalue weighted by Gasteiger charge is 2.27. The number of nitrogens with one attached hydrogen (secondary N) is 1. The van der Waals surface area contributed by atoms with Crippen molar-refractivity contribution >= 4 is 32.8 Å². The number of piperazine rings is 1. The van der Waals surface area contributed by atoms with Crippen molar-refractivity contribution in [3.8, 4) is 11.5 Å². The normalized spacial score (nSPS) is 14.3. The van der Waals surface area contributed by atoms with Crippen LogP contribution in [0.5, 0.6) is 11.5 Å². The summed E-state index contributed by atoms with van der Waals surface area (Å²) in [6.07, 6.45) is 1.48. The van der Waals surface area contributed by atoms with E-state index in [2.05, 4.69) is 14.7 Å². The smallest absolute Gasteiger partial charge is 0.331 e. The number of rotatable bonds is 5. The minimum Gasteiger partial charge on any atom is -0.493 e. The molecule has 1 aromatic heterocycles. The number of urea groups is 1. The van der Waals surface area contributed by atoms with Gasteiger partial charge in [0.15, 0.2) is 11.5 Å². The van der Waals surface area contributed by atoms with Gasteiger partial charge >= 0.3 is 6.03 Å². The van der Waals surface area contributed by atoms with E-state index in [4.69, 9.17) is 9.47 Å². The van der Waals surface area contributed by atoms with E-state index in [1.54, 1.807) is 38.5 Å². The van der Waals surface area contributed by atoms with E-state index in [0.29, 0.717) is 49.0 Å². The molecule has 0 aliphatic carbocycles. The summed E-state index contributed by atoms with van der Waals surface area (Å²) in [7, 11) is -0.792. The Morgan fingerprint density at radius 3 is 2.28 bits per heavy atom. The zero-order valence-electron chi connectivity index (χ0n) is 17.7. The maximum Gasteiger partial charge on any atom is 0.331 e. The molecule has 0 atom stereocenters. The van der Waals surface area contributed by atoms with Gasteiger partial charge in [0.1, 0.15) is 12.1 Å². The van der Waals surface area contributed by atoms with Crippen LogP contribution in [0.15, 0.2) is 53.7 Å². The van der Waals surface area contributed by atoms with Crippen molar-refractivity contribution in [3.05, 3.63) is 48.8 Å². The van der Waals surface area contributed by atoms with Crippen molar-refractivity contribution < 1.29 is 22.7 Å². The fraction of sp³-hybridized carbons (Fsp3) is 0.286. The topological polar surface area (TPSA) is 114 Å². The summed E-state index contributed by atoms with van der Waals surface area (Å²) in [4.78, 5) is 24.9. The average molecular weight is 458 g/mol. The number of carbonyl (C=O) groups excluding carboxylic acids is 1. The molecule has 3 aromatic rings. The van der Waals surface area contributed by atoms with Gasteiger partial charge in [-0.15, -0.1) is 0 Å². The number of hydrogen-bond donors (Lipinski definition) is 1. The molecule has 4 rings (SSSR count). The lowest BCUT2D eigenvalue weighted by molar-refractivity contribution is 0.200. The second-order valence-corrected chi connectivity index (χ2v) is 8.80. The summed E-state index contributed by atoms with van der Waals surface area (Å²) in [5.74, 6) is 1.86. The van der Waals surface area contributed by atoms with Gasteiger partial charge in [-0.1, -0.05) is 18.2 Å². The van der Waals surface area contributed by atoms with Crippen LogP contribution in [-0.4, -0.2) is 69.7 Å². The number of aromatic nitrogens is 2. The highest BCUT2D eigenvalue weighted by molar-refractivity contribution is 7.90. The Kier molecular flexibility index (Phi) is 5.99. The van der Waals surface area contributed by atoms with Crippen LogP contribution in [0.4, 0.5) is 10.6 Å². The Morgan fingerprint density at radius 2 is 1.62 bits per heavy atom. The Balaban J connectivity index is 1.48. The number of anilines is 1. The van der Waals surface area contributed by atoms with Crippen LogP contribution < -0.4 is 19.1 Å². The molecule has 0 saturated carbocycles. The standard InChI is InChI=1S/C21H23N5O5S/c1-30-18-12-16-17(13-19(18)31-2)22-14-23-20(16)25-8-10-26(11-9-25)21(27)24-32(28,29)15-6-4-3-5-7-15/h3-7,12-14H,8-11H2,1-2H3,(H,24,27). The van der Waals surface area contributed by atoms with Crippen LogP contribution in [0, 0.1) is 0 Å². The molecule has 1 N–H and O–H groups in total. The molecule has 1 saturated heterocycles. The van der Waals surface area contributed by atoms with Crippen molar-refractivity contribution in [1.29, 1.82) is 0 Å². The van der Waals surface area contributed by atoms with Gasteiger partial charge < -0.3 is 19.3 Å². The van der Waals surface area contributed by atoms with E-state index in [-0.39, 0.29) is 4.90 Å². The maximum absolute atomic E-state index is 12.6. The molecule has 10 nitrogen and oxygen atoms in total. The molecule has 2 heterocycles. The molecule has 168 valence electrons. The molecule has 2 amide bonds. The molecule has 0 bridgehead atoms. The SMILES string of the molecule is COc1cc2ncnc(N3CCN(C(=O)NS(=O)(=O)c4ccccc4)CC3)c2cc1OC. The van der Waals surface area contributed by atoms with Gasteiger partial charge in [0.2, 0.25) is 0 Å². The second kappa shape index (κ2) is 8.87. The Hall–Kier alpha value is -3.60. The van der Waals surface area contributed by atoms with Crippen molar-refractivity contribution in [2.45, 2.75) is 4.90 Å².